The van der Waals surface area contributed by atoms with Gasteiger partial charge in [-0.05, 0) is 0 Å². The Kier molecular flexibility index (Phi) is 4.90. The summed E-state index contributed by atoms with van der Waals surface area (Å²) in [6, 6.07) is 11.3. The fourth-order valence-corrected chi connectivity index (χ4v) is 2.66. The van der Waals surface area contributed by atoms with Gasteiger partial charge in [-0.25, -0.2) is 0 Å². The Morgan fingerprint density at radius 1 is 1.29 bits per heavy atom. The lowest BCUT2D eigenvalue weighted by Crippen LogP contribution is -2.46. The zero-order chi connectivity index (χ0) is 16.9. The van der Waals surface area contributed by atoms with Gasteiger partial charge in [-0.2, -0.15) is 0 Å². The summed E-state index contributed by atoms with van der Waals surface area (Å²) >= 11 is 0. The molecule has 7 nitrogen and oxygen atoms in total. The summed E-state index contributed by atoms with van der Waals surface area (Å²) in [4.78, 5) is 24.8. The van der Waals surface area contributed by atoms with Gasteiger partial charge in [-0.15, -0.1) is 0 Å². The summed E-state index contributed by atoms with van der Waals surface area (Å²) in [5.41, 5.74) is 1.46. The van der Waals surface area contributed by atoms with E-state index in [-0.39, 0.29) is 25.3 Å². The van der Waals surface area contributed by atoms with Gasteiger partial charge in [-0.3, -0.25) is 9.59 Å². The number of aromatic nitrogens is 1. The lowest BCUT2D eigenvalue weighted by Gasteiger charge is -2.32. The second-order valence-electron chi connectivity index (χ2n) is 5.66. The molecular weight excluding hydrogens is 312 g/mol. The molecule has 1 fully saturated rings. The molecule has 1 aliphatic heterocycles. The summed E-state index contributed by atoms with van der Waals surface area (Å²) in [5, 5.41) is 12.8. The minimum atomic E-state index is -0.932. The van der Waals surface area contributed by atoms with Crippen LogP contribution in [0.1, 0.15) is 12.1 Å². The zero-order valence-electron chi connectivity index (χ0n) is 13.1. The fourth-order valence-electron chi connectivity index (χ4n) is 2.66. The Morgan fingerprint density at radius 2 is 2.08 bits per heavy atom. The number of amides is 1. The van der Waals surface area contributed by atoms with Gasteiger partial charge < -0.3 is 19.3 Å². The average molecular weight is 330 g/mol. The molecule has 0 unspecified atom stereocenters. The molecule has 24 heavy (non-hydrogen) atoms. The Morgan fingerprint density at radius 3 is 2.83 bits per heavy atom. The molecule has 0 radical (unpaired) electrons. The number of carbonyl (C=O) groups is 2. The maximum Gasteiger partial charge on any atom is 0.306 e. The third-order valence-electron chi connectivity index (χ3n) is 3.84. The predicted octanol–water partition coefficient (Wildman–Crippen LogP) is 1.59. The van der Waals surface area contributed by atoms with Crippen LogP contribution in [0, 0.1) is 0 Å². The first-order chi connectivity index (χ1) is 11.6. The summed E-state index contributed by atoms with van der Waals surface area (Å²) < 4.78 is 10.7. The van der Waals surface area contributed by atoms with E-state index in [2.05, 4.69) is 5.16 Å². The number of carbonyl (C=O) groups excluding carboxylic acids is 1. The molecule has 126 valence electrons. The van der Waals surface area contributed by atoms with Gasteiger partial charge in [0.15, 0.2) is 5.76 Å². The maximum absolute atomic E-state index is 12.4. The third-order valence-corrected chi connectivity index (χ3v) is 3.84. The van der Waals surface area contributed by atoms with Gasteiger partial charge >= 0.3 is 5.97 Å². The summed E-state index contributed by atoms with van der Waals surface area (Å²) in [5.74, 6) is -0.427. The quantitative estimate of drug-likeness (QED) is 0.895. The van der Waals surface area contributed by atoms with Gasteiger partial charge in [0.25, 0.3) is 0 Å². The third kappa shape index (κ3) is 3.99. The van der Waals surface area contributed by atoms with Crippen LogP contribution in [0.4, 0.5) is 0 Å². The number of morpholine rings is 1. The normalized spacial score (nSPS) is 17.7. The summed E-state index contributed by atoms with van der Waals surface area (Å²) in [7, 11) is 0. The highest BCUT2D eigenvalue weighted by Crippen LogP contribution is 2.20. The minimum Gasteiger partial charge on any atom is -0.481 e. The van der Waals surface area contributed by atoms with Crippen molar-refractivity contribution < 1.29 is 24.0 Å². The van der Waals surface area contributed by atoms with Crippen molar-refractivity contribution in [1.82, 2.24) is 10.1 Å². The van der Waals surface area contributed by atoms with Crippen molar-refractivity contribution in [3.63, 3.8) is 0 Å². The van der Waals surface area contributed by atoms with E-state index in [0.29, 0.717) is 24.6 Å². The lowest BCUT2D eigenvalue weighted by molar-refractivity contribution is -0.147. The molecule has 7 heteroatoms. The Bertz CT molecular complexity index is 713. The maximum atomic E-state index is 12.4. The van der Waals surface area contributed by atoms with Crippen molar-refractivity contribution in [1.29, 1.82) is 0 Å². The van der Waals surface area contributed by atoms with E-state index in [4.69, 9.17) is 14.4 Å². The molecule has 1 atom stereocenters. The van der Waals surface area contributed by atoms with Gasteiger partial charge in [0.1, 0.15) is 0 Å². The van der Waals surface area contributed by atoms with Crippen molar-refractivity contribution in [3.8, 4) is 11.3 Å². The zero-order valence-corrected chi connectivity index (χ0v) is 13.1. The highest BCUT2D eigenvalue weighted by molar-refractivity contribution is 5.79. The van der Waals surface area contributed by atoms with Crippen molar-refractivity contribution >= 4 is 11.9 Å². The number of carboxylic acid groups (broad SMARTS) is 1. The van der Waals surface area contributed by atoms with E-state index in [1.807, 2.05) is 30.3 Å². The van der Waals surface area contributed by atoms with Crippen molar-refractivity contribution in [2.24, 2.45) is 0 Å². The second kappa shape index (κ2) is 7.27. The van der Waals surface area contributed by atoms with E-state index < -0.39 is 12.1 Å². The molecule has 0 saturated carbocycles. The number of hydrogen-bond acceptors (Lipinski definition) is 5. The number of rotatable bonds is 5. The average Bonchev–Trinajstić information content (AvgIpc) is 3.04. The second-order valence-corrected chi connectivity index (χ2v) is 5.66. The first-order valence-corrected chi connectivity index (χ1v) is 7.74. The summed E-state index contributed by atoms with van der Waals surface area (Å²) in [6.07, 6.45) is -0.445. The monoisotopic (exact) mass is 330 g/mol. The molecule has 2 aromatic rings. The number of nitrogens with zero attached hydrogens (tertiary/aromatic N) is 2. The van der Waals surface area contributed by atoms with Gasteiger partial charge in [0.05, 0.1) is 31.2 Å². The van der Waals surface area contributed by atoms with Crippen LogP contribution in [0.15, 0.2) is 40.9 Å². The molecule has 1 amide bonds. The number of ether oxygens (including phenoxy) is 1. The van der Waals surface area contributed by atoms with E-state index in [0.717, 1.165) is 5.56 Å². The van der Waals surface area contributed by atoms with E-state index in [1.165, 1.54) is 0 Å². The van der Waals surface area contributed by atoms with Crippen LogP contribution in [0.3, 0.4) is 0 Å². The number of aliphatic carboxylic acids is 1. The first-order valence-electron chi connectivity index (χ1n) is 7.74. The first kappa shape index (κ1) is 16.2. The molecule has 1 aliphatic rings. The van der Waals surface area contributed by atoms with Gasteiger partial charge in [0, 0.05) is 24.7 Å². The van der Waals surface area contributed by atoms with Crippen LogP contribution in [0.25, 0.3) is 11.3 Å². The SMILES string of the molecule is O=C(O)C[C@@H]1CN(C(=O)Cc2cc(-c3ccccc3)on2)CCO1. The van der Waals surface area contributed by atoms with E-state index >= 15 is 0 Å². The Balaban J connectivity index is 1.61. The Labute approximate surface area is 138 Å². The number of benzene rings is 1. The molecule has 2 heterocycles. The van der Waals surface area contributed by atoms with E-state index in [1.54, 1.807) is 11.0 Å². The minimum absolute atomic E-state index is 0.105. The smallest absolute Gasteiger partial charge is 0.306 e. The van der Waals surface area contributed by atoms with Crippen molar-refractivity contribution in [2.75, 3.05) is 19.7 Å². The van der Waals surface area contributed by atoms with Gasteiger partial charge in [-0.1, -0.05) is 35.5 Å². The molecule has 3 rings (SSSR count). The predicted molar refractivity (Wildman–Crippen MR) is 84.2 cm³/mol. The van der Waals surface area contributed by atoms with Crippen molar-refractivity contribution in [2.45, 2.75) is 18.9 Å². The number of hydrogen-bond donors (Lipinski definition) is 1. The highest BCUT2D eigenvalue weighted by atomic mass is 16.5. The largest absolute Gasteiger partial charge is 0.481 e. The van der Waals surface area contributed by atoms with Crippen LogP contribution < -0.4 is 0 Å². The molecule has 1 saturated heterocycles. The lowest BCUT2D eigenvalue weighted by atomic mass is 10.1. The van der Waals surface area contributed by atoms with E-state index in [9.17, 15) is 9.59 Å². The highest BCUT2D eigenvalue weighted by Gasteiger charge is 2.26. The van der Waals surface area contributed by atoms with Gasteiger partial charge in [0.2, 0.25) is 5.91 Å². The summed E-state index contributed by atoms with van der Waals surface area (Å²) in [6.45, 7) is 1.09. The van der Waals surface area contributed by atoms with Crippen molar-refractivity contribution in [3.05, 3.63) is 42.1 Å². The molecular formula is C17H18N2O5. The standard InChI is InChI=1S/C17H18N2O5/c20-16(19-6-7-23-14(11-19)10-17(21)22)9-13-8-15(24-18-13)12-4-2-1-3-5-12/h1-5,8,14H,6-7,9-11H2,(H,21,22)/t14-/m1/s1. The molecule has 1 N–H and O–H groups in total. The topological polar surface area (TPSA) is 92.9 Å². The molecule has 0 aliphatic carbocycles. The van der Waals surface area contributed by atoms with Crippen LogP contribution in [0.2, 0.25) is 0 Å². The molecule has 1 aromatic carbocycles. The molecule has 0 bridgehead atoms. The fraction of sp³-hybridized carbons (Fsp3) is 0.353. The van der Waals surface area contributed by atoms with Crippen LogP contribution in [0.5, 0.6) is 0 Å². The van der Waals surface area contributed by atoms with Crippen LogP contribution >= 0.6 is 0 Å². The molecule has 0 spiro atoms. The Hall–Kier alpha value is -2.67. The molecule has 1 aromatic heterocycles. The van der Waals surface area contributed by atoms with Crippen LogP contribution in [-0.2, 0) is 20.7 Å². The number of carboxylic acids is 1. The van der Waals surface area contributed by atoms with Crippen LogP contribution in [-0.4, -0.2) is 52.8 Å².